The fraction of sp³-hybridized carbons (Fsp3) is 0.545. The second-order valence-corrected chi connectivity index (χ2v) is 11.9. The van der Waals surface area contributed by atoms with Crippen LogP contribution in [0.4, 0.5) is 0 Å². The van der Waals surface area contributed by atoms with Crippen LogP contribution in [-0.4, -0.2) is 34.2 Å². The summed E-state index contributed by atoms with van der Waals surface area (Å²) >= 11 is 0. The van der Waals surface area contributed by atoms with E-state index in [1.165, 1.54) is 6.42 Å². The molecule has 7 nitrogen and oxygen atoms in total. The van der Waals surface area contributed by atoms with Gasteiger partial charge >= 0.3 is 0 Å². The lowest BCUT2D eigenvalue weighted by atomic mass is 9.73. The molecule has 2 fully saturated rings. The quantitative estimate of drug-likeness (QED) is 0.321. The Hall–Kier alpha value is -3.19. The first-order valence-electron chi connectivity index (χ1n) is 14.9. The van der Waals surface area contributed by atoms with Gasteiger partial charge in [-0.1, -0.05) is 51.3 Å². The topological polar surface area (TPSA) is 97.5 Å². The van der Waals surface area contributed by atoms with Gasteiger partial charge in [0.05, 0.1) is 24.9 Å². The molecule has 4 unspecified atom stereocenters. The van der Waals surface area contributed by atoms with E-state index in [9.17, 15) is 9.90 Å². The number of methoxy groups -OCH3 is 1. The van der Waals surface area contributed by atoms with E-state index in [4.69, 9.17) is 19.1 Å². The Morgan fingerprint density at radius 3 is 2.55 bits per heavy atom. The molecule has 0 aliphatic heterocycles. The van der Waals surface area contributed by atoms with Gasteiger partial charge in [-0.2, -0.15) is 0 Å². The lowest BCUT2D eigenvalue weighted by molar-refractivity contribution is -0.127. The van der Waals surface area contributed by atoms with Crippen molar-refractivity contribution in [3.63, 3.8) is 0 Å². The molecule has 1 aromatic carbocycles. The number of pyridine rings is 1. The van der Waals surface area contributed by atoms with Crippen LogP contribution in [-0.2, 0) is 4.79 Å². The molecule has 2 saturated carbocycles. The van der Waals surface area contributed by atoms with Crippen molar-refractivity contribution < 1.29 is 19.1 Å². The summed E-state index contributed by atoms with van der Waals surface area (Å²) in [6.07, 6.45) is 8.79. The SMILES string of the molecule is COc1ccc(C2CCC(C(NC(=O)C3CCCCC3)c3cccc(-c4coc(C(C)C)n4)c3)CC2O)nc1C. The number of benzene rings is 1. The van der Waals surface area contributed by atoms with E-state index in [-0.39, 0.29) is 35.6 Å². The third kappa shape index (κ3) is 6.25. The summed E-state index contributed by atoms with van der Waals surface area (Å²) < 4.78 is 11.1. The summed E-state index contributed by atoms with van der Waals surface area (Å²) in [5, 5.41) is 14.8. The van der Waals surface area contributed by atoms with Gasteiger partial charge in [0.1, 0.15) is 17.7 Å². The van der Waals surface area contributed by atoms with Gasteiger partial charge < -0.3 is 19.6 Å². The van der Waals surface area contributed by atoms with Gasteiger partial charge in [-0.15, -0.1) is 0 Å². The van der Waals surface area contributed by atoms with E-state index in [0.717, 1.165) is 72.5 Å². The number of amides is 1. The minimum absolute atomic E-state index is 0.0357. The molecule has 0 saturated heterocycles. The molecular weight excluding hydrogens is 502 g/mol. The van der Waals surface area contributed by atoms with E-state index in [1.54, 1.807) is 13.4 Å². The molecule has 2 aliphatic rings. The van der Waals surface area contributed by atoms with Crippen LogP contribution in [0, 0.1) is 18.8 Å². The van der Waals surface area contributed by atoms with Gasteiger partial charge in [0.25, 0.3) is 0 Å². The first-order valence-corrected chi connectivity index (χ1v) is 14.9. The Balaban J connectivity index is 1.40. The number of aromatic nitrogens is 2. The average molecular weight is 546 g/mol. The van der Waals surface area contributed by atoms with E-state index in [1.807, 2.05) is 31.2 Å². The number of hydrogen-bond acceptors (Lipinski definition) is 6. The number of rotatable bonds is 8. The van der Waals surface area contributed by atoms with Crippen LogP contribution < -0.4 is 10.1 Å². The molecule has 1 amide bonds. The van der Waals surface area contributed by atoms with Crippen molar-refractivity contribution >= 4 is 5.91 Å². The Morgan fingerprint density at radius 1 is 1.07 bits per heavy atom. The highest BCUT2D eigenvalue weighted by Crippen LogP contribution is 2.42. The van der Waals surface area contributed by atoms with Crippen molar-refractivity contribution in [1.82, 2.24) is 15.3 Å². The van der Waals surface area contributed by atoms with Crippen LogP contribution >= 0.6 is 0 Å². The molecule has 40 heavy (non-hydrogen) atoms. The van der Waals surface area contributed by atoms with Crippen molar-refractivity contribution in [2.45, 2.75) is 96.1 Å². The van der Waals surface area contributed by atoms with Crippen molar-refractivity contribution in [2.75, 3.05) is 7.11 Å². The van der Waals surface area contributed by atoms with Gasteiger partial charge in [0.15, 0.2) is 5.89 Å². The normalized spacial score (nSPS) is 22.7. The predicted molar refractivity (Wildman–Crippen MR) is 155 cm³/mol. The predicted octanol–water partition coefficient (Wildman–Crippen LogP) is 6.86. The van der Waals surface area contributed by atoms with Crippen molar-refractivity contribution in [3.05, 3.63) is 65.5 Å². The number of nitrogens with zero attached hydrogens (tertiary/aromatic N) is 2. The van der Waals surface area contributed by atoms with Crippen LogP contribution in [0.2, 0.25) is 0 Å². The van der Waals surface area contributed by atoms with Crippen molar-refractivity contribution in [2.24, 2.45) is 11.8 Å². The van der Waals surface area contributed by atoms with Gasteiger partial charge in [-0.25, -0.2) is 4.98 Å². The number of aliphatic hydroxyl groups excluding tert-OH is 1. The average Bonchev–Trinajstić information content (AvgIpc) is 3.47. The highest BCUT2D eigenvalue weighted by molar-refractivity contribution is 5.79. The lowest BCUT2D eigenvalue weighted by Crippen LogP contribution is -2.41. The zero-order valence-corrected chi connectivity index (χ0v) is 24.2. The fourth-order valence-electron chi connectivity index (χ4n) is 6.50. The van der Waals surface area contributed by atoms with E-state index < -0.39 is 6.10 Å². The molecule has 214 valence electrons. The monoisotopic (exact) mass is 545 g/mol. The minimum Gasteiger partial charge on any atom is -0.495 e. The third-order valence-corrected chi connectivity index (χ3v) is 8.82. The molecule has 4 atom stereocenters. The summed E-state index contributed by atoms with van der Waals surface area (Å²) in [5.74, 6) is 1.96. The molecule has 2 N–H and O–H groups in total. The van der Waals surface area contributed by atoms with Gasteiger partial charge in [0.2, 0.25) is 5.91 Å². The molecule has 0 spiro atoms. The zero-order valence-electron chi connectivity index (χ0n) is 24.2. The third-order valence-electron chi connectivity index (χ3n) is 8.82. The molecule has 2 aliphatic carbocycles. The number of carbonyl (C=O) groups excluding carboxylic acids is 1. The van der Waals surface area contributed by atoms with Gasteiger partial charge in [-0.3, -0.25) is 9.78 Å². The standard InChI is InChI=1S/C33H43N3O4/c1-20(2)33-35-28(19-40-33)23-11-8-12-24(17-23)31(36-32(38)22-9-6-5-7-10-22)25-13-14-26(29(37)18-25)27-15-16-30(39-4)21(3)34-27/h8,11-12,15-17,19-20,22,25-26,29,31,37H,5-7,9-10,13-14,18H2,1-4H3,(H,36,38). The maximum absolute atomic E-state index is 13.5. The summed E-state index contributed by atoms with van der Waals surface area (Å²) in [7, 11) is 1.65. The van der Waals surface area contributed by atoms with Crippen LogP contribution in [0.25, 0.3) is 11.3 Å². The van der Waals surface area contributed by atoms with E-state index in [0.29, 0.717) is 12.3 Å². The zero-order chi connectivity index (χ0) is 28.2. The Kier molecular flexibility index (Phi) is 8.89. The molecule has 5 rings (SSSR count). The van der Waals surface area contributed by atoms with Crippen LogP contribution in [0.3, 0.4) is 0 Å². The number of nitrogens with one attached hydrogen (secondary N) is 1. The maximum Gasteiger partial charge on any atom is 0.223 e. The summed E-state index contributed by atoms with van der Waals surface area (Å²) in [4.78, 5) is 22.9. The van der Waals surface area contributed by atoms with Crippen molar-refractivity contribution in [1.29, 1.82) is 0 Å². The van der Waals surface area contributed by atoms with E-state index in [2.05, 4.69) is 31.3 Å². The Morgan fingerprint density at radius 2 is 1.88 bits per heavy atom. The highest BCUT2D eigenvalue weighted by Gasteiger charge is 2.37. The second-order valence-electron chi connectivity index (χ2n) is 11.9. The number of aliphatic hydroxyl groups is 1. The van der Waals surface area contributed by atoms with Crippen LogP contribution in [0.5, 0.6) is 5.75 Å². The molecule has 3 aromatic rings. The summed E-state index contributed by atoms with van der Waals surface area (Å²) in [6, 6.07) is 12.0. The first-order chi connectivity index (χ1) is 19.3. The van der Waals surface area contributed by atoms with Crippen LogP contribution in [0.15, 0.2) is 47.1 Å². The Bertz CT molecular complexity index is 1300. The molecule has 2 heterocycles. The van der Waals surface area contributed by atoms with Gasteiger partial charge in [-0.05, 0) is 68.7 Å². The minimum atomic E-state index is -0.541. The van der Waals surface area contributed by atoms with Crippen LogP contribution in [0.1, 0.15) is 106 Å². The van der Waals surface area contributed by atoms with E-state index >= 15 is 0 Å². The van der Waals surface area contributed by atoms with Crippen molar-refractivity contribution in [3.8, 4) is 17.0 Å². The summed E-state index contributed by atoms with van der Waals surface area (Å²) in [5.41, 5.74) is 4.55. The number of oxazole rings is 1. The number of ether oxygens (including phenoxy) is 1. The molecule has 7 heteroatoms. The molecular formula is C33H43N3O4. The number of aryl methyl sites for hydroxylation is 1. The maximum atomic E-state index is 13.5. The Labute approximate surface area is 237 Å². The molecule has 2 aromatic heterocycles. The largest absolute Gasteiger partial charge is 0.495 e. The second kappa shape index (κ2) is 12.5. The number of hydrogen-bond donors (Lipinski definition) is 2. The highest BCUT2D eigenvalue weighted by atomic mass is 16.5. The smallest absolute Gasteiger partial charge is 0.223 e. The molecule has 0 bridgehead atoms. The van der Waals surface area contributed by atoms with Gasteiger partial charge in [0, 0.05) is 29.0 Å². The lowest BCUT2D eigenvalue weighted by Gasteiger charge is -2.38. The summed E-state index contributed by atoms with van der Waals surface area (Å²) in [6.45, 7) is 6.06. The molecule has 0 radical (unpaired) electrons. The first kappa shape index (κ1) is 28.3. The fourth-order valence-corrected chi connectivity index (χ4v) is 6.50. The number of carbonyl (C=O) groups is 1.